The van der Waals surface area contributed by atoms with E-state index in [0.29, 0.717) is 0 Å². The standard InChI is InChI=1S/C56H41N5/c1-7-19-44(20-8-1)59(45-21-9-2-10-22-45)50-35-31-42(32-36-50)55-56(43-33-37-51(38-34-43)60(46-23-11-3-12-24-46)47-25-13-4-14-26-47)58-54-41-52(39-40-53(54)57-55)61(48-27-15-5-16-28-48)49-29-17-6-18-30-49/h1-41H. The van der Waals surface area contributed by atoms with Crippen molar-refractivity contribution >= 4 is 62.2 Å². The molecule has 0 N–H and O–H groups in total. The van der Waals surface area contributed by atoms with E-state index < -0.39 is 0 Å². The van der Waals surface area contributed by atoms with Gasteiger partial charge >= 0.3 is 0 Å². The molecule has 0 bridgehead atoms. The summed E-state index contributed by atoms with van der Waals surface area (Å²) in [5.41, 5.74) is 14.8. The molecule has 9 aromatic carbocycles. The van der Waals surface area contributed by atoms with E-state index in [1.807, 2.05) is 36.4 Å². The normalized spacial score (nSPS) is 11.0. The average molecular weight is 784 g/mol. The fraction of sp³-hybridized carbons (Fsp3) is 0. The lowest BCUT2D eigenvalue weighted by Gasteiger charge is -2.26. The predicted octanol–water partition coefficient (Wildman–Crippen LogP) is 15.4. The molecule has 10 rings (SSSR count). The highest BCUT2D eigenvalue weighted by atomic mass is 15.2. The molecule has 0 aliphatic heterocycles. The summed E-state index contributed by atoms with van der Waals surface area (Å²) in [5, 5.41) is 0. The molecule has 10 aromatic rings. The molecule has 0 aliphatic rings. The number of benzene rings is 9. The van der Waals surface area contributed by atoms with Gasteiger partial charge < -0.3 is 14.7 Å². The third-order valence-electron chi connectivity index (χ3n) is 10.8. The lowest BCUT2D eigenvalue weighted by atomic mass is 10.0. The van der Waals surface area contributed by atoms with Gasteiger partial charge in [-0.05, 0) is 115 Å². The van der Waals surface area contributed by atoms with Gasteiger partial charge in [-0.1, -0.05) is 133 Å². The predicted molar refractivity (Wildman–Crippen MR) is 254 cm³/mol. The van der Waals surface area contributed by atoms with Crippen LogP contribution in [0, 0.1) is 0 Å². The van der Waals surface area contributed by atoms with Crippen molar-refractivity contribution in [2.24, 2.45) is 0 Å². The first-order valence-electron chi connectivity index (χ1n) is 20.5. The summed E-state index contributed by atoms with van der Waals surface area (Å²) in [4.78, 5) is 17.7. The lowest BCUT2D eigenvalue weighted by Crippen LogP contribution is -2.10. The van der Waals surface area contributed by atoms with Gasteiger partial charge in [0.05, 0.1) is 22.4 Å². The number of fused-ring (bicyclic) bond motifs is 1. The smallest absolute Gasteiger partial charge is 0.0973 e. The Bertz CT molecular complexity index is 2860. The van der Waals surface area contributed by atoms with E-state index in [1.165, 1.54) is 0 Å². The molecule has 0 radical (unpaired) electrons. The number of hydrogen-bond acceptors (Lipinski definition) is 5. The highest BCUT2D eigenvalue weighted by molar-refractivity contribution is 5.91. The molecule has 1 heterocycles. The molecule has 5 nitrogen and oxygen atoms in total. The second-order valence-corrected chi connectivity index (χ2v) is 14.7. The van der Waals surface area contributed by atoms with Crippen molar-refractivity contribution in [2.45, 2.75) is 0 Å². The molecular formula is C56H41N5. The van der Waals surface area contributed by atoms with Crippen LogP contribution >= 0.6 is 0 Å². The highest BCUT2D eigenvalue weighted by Gasteiger charge is 2.19. The van der Waals surface area contributed by atoms with Gasteiger partial charge in [-0.3, -0.25) is 0 Å². The van der Waals surface area contributed by atoms with Crippen LogP contribution < -0.4 is 14.7 Å². The summed E-state index contributed by atoms with van der Waals surface area (Å²) < 4.78 is 0. The molecule has 0 saturated heterocycles. The zero-order valence-electron chi connectivity index (χ0n) is 33.4. The minimum Gasteiger partial charge on any atom is -0.311 e. The van der Waals surface area contributed by atoms with E-state index in [1.54, 1.807) is 0 Å². The van der Waals surface area contributed by atoms with Crippen LogP contribution in [0.1, 0.15) is 0 Å². The largest absolute Gasteiger partial charge is 0.311 e. The fourth-order valence-corrected chi connectivity index (χ4v) is 7.93. The second kappa shape index (κ2) is 16.9. The number of rotatable bonds is 11. The maximum Gasteiger partial charge on any atom is 0.0973 e. The Morgan fingerprint density at radius 2 is 0.459 bits per heavy atom. The minimum atomic E-state index is 0.809. The Labute approximate surface area is 356 Å². The molecule has 1 aromatic heterocycles. The Hall–Kier alpha value is -8.28. The first-order chi connectivity index (χ1) is 30.3. The minimum absolute atomic E-state index is 0.809. The molecule has 290 valence electrons. The van der Waals surface area contributed by atoms with E-state index in [0.717, 1.165) is 84.7 Å². The van der Waals surface area contributed by atoms with Crippen LogP contribution in [0.25, 0.3) is 33.5 Å². The molecule has 0 spiro atoms. The maximum absolute atomic E-state index is 5.48. The van der Waals surface area contributed by atoms with Crippen LogP contribution in [-0.2, 0) is 0 Å². The van der Waals surface area contributed by atoms with E-state index in [4.69, 9.17) is 9.97 Å². The molecule has 0 saturated carbocycles. The van der Waals surface area contributed by atoms with Gasteiger partial charge in [-0.2, -0.15) is 0 Å². The Balaban J connectivity index is 1.11. The maximum atomic E-state index is 5.48. The number of hydrogen-bond donors (Lipinski definition) is 0. The van der Waals surface area contributed by atoms with Gasteiger partial charge in [0.1, 0.15) is 0 Å². The molecule has 0 fully saturated rings. The summed E-state index contributed by atoms with van der Waals surface area (Å²) in [7, 11) is 0. The van der Waals surface area contributed by atoms with Crippen molar-refractivity contribution < 1.29 is 0 Å². The van der Waals surface area contributed by atoms with Gasteiger partial charge in [-0.15, -0.1) is 0 Å². The molecule has 0 aliphatic carbocycles. The first-order valence-corrected chi connectivity index (χ1v) is 20.5. The summed E-state index contributed by atoms with van der Waals surface area (Å²) >= 11 is 0. The van der Waals surface area contributed by atoms with Crippen LogP contribution in [-0.4, -0.2) is 9.97 Å². The van der Waals surface area contributed by atoms with E-state index in [-0.39, 0.29) is 0 Å². The zero-order valence-corrected chi connectivity index (χ0v) is 33.4. The number of aromatic nitrogens is 2. The van der Waals surface area contributed by atoms with E-state index >= 15 is 0 Å². The van der Waals surface area contributed by atoms with Crippen molar-refractivity contribution in [2.75, 3.05) is 14.7 Å². The Kier molecular flexibility index (Phi) is 10.3. The number of para-hydroxylation sites is 6. The third kappa shape index (κ3) is 7.72. The van der Waals surface area contributed by atoms with Crippen molar-refractivity contribution in [3.05, 3.63) is 249 Å². The number of anilines is 9. The summed E-state index contributed by atoms with van der Waals surface area (Å²) in [6, 6.07) is 86.5. The van der Waals surface area contributed by atoms with E-state index in [9.17, 15) is 0 Å². The highest BCUT2D eigenvalue weighted by Crippen LogP contribution is 2.41. The van der Waals surface area contributed by atoms with Crippen LogP contribution in [0.2, 0.25) is 0 Å². The van der Waals surface area contributed by atoms with Gasteiger partial charge in [0.15, 0.2) is 0 Å². The first kappa shape index (κ1) is 37.0. The molecule has 0 atom stereocenters. The summed E-state index contributed by atoms with van der Waals surface area (Å²) in [6.07, 6.45) is 0. The number of nitrogens with zero attached hydrogens (tertiary/aromatic N) is 5. The fourth-order valence-electron chi connectivity index (χ4n) is 7.93. The molecule has 0 unspecified atom stereocenters. The Morgan fingerprint density at radius 1 is 0.213 bits per heavy atom. The van der Waals surface area contributed by atoms with Crippen LogP contribution in [0.15, 0.2) is 249 Å². The van der Waals surface area contributed by atoms with Gasteiger partial charge in [0, 0.05) is 62.3 Å². The monoisotopic (exact) mass is 783 g/mol. The van der Waals surface area contributed by atoms with Crippen LogP contribution in [0.5, 0.6) is 0 Å². The molecule has 61 heavy (non-hydrogen) atoms. The second-order valence-electron chi connectivity index (χ2n) is 14.7. The van der Waals surface area contributed by atoms with Crippen molar-refractivity contribution in [3.63, 3.8) is 0 Å². The average Bonchev–Trinajstić information content (AvgIpc) is 3.34. The zero-order chi connectivity index (χ0) is 40.8. The van der Waals surface area contributed by atoms with Gasteiger partial charge in [0.25, 0.3) is 0 Å². The molecule has 5 heteroatoms. The molecular weight excluding hydrogens is 743 g/mol. The van der Waals surface area contributed by atoms with Crippen LogP contribution in [0.3, 0.4) is 0 Å². The summed E-state index contributed by atoms with van der Waals surface area (Å²) in [6.45, 7) is 0. The molecule has 0 amide bonds. The van der Waals surface area contributed by atoms with Crippen LogP contribution in [0.4, 0.5) is 51.2 Å². The lowest BCUT2D eigenvalue weighted by molar-refractivity contribution is 1.25. The van der Waals surface area contributed by atoms with Gasteiger partial charge in [0.2, 0.25) is 0 Å². The van der Waals surface area contributed by atoms with Gasteiger partial charge in [-0.25, -0.2) is 9.97 Å². The Morgan fingerprint density at radius 3 is 0.770 bits per heavy atom. The quantitative estimate of drug-likeness (QED) is 0.131. The topological polar surface area (TPSA) is 35.5 Å². The SMILES string of the molecule is c1ccc(N(c2ccccc2)c2ccc(-c3nc4ccc(N(c5ccccc5)c5ccccc5)cc4nc3-c3ccc(N(c4ccccc4)c4ccccc4)cc3)cc2)cc1. The summed E-state index contributed by atoms with van der Waals surface area (Å²) in [5.74, 6) is 0. The van der Waals surface area contributed by atoms with Crippen molar-refractivity contribution in [1.29, 1.82) is 0 Å². The van der Waals surface area contributed by atoms with Crippen molar-refractivity contribution in [1.82, 2.24) is 9.97 Å². The third-order valence-corrected chi connectivity index (χ3v) is 10.8. The van der Waals surface area contributed by atoms with E-state index in [2.05, 4.69) is 227 Å². The van der Waals surface area contributed by atoms with Crippen molar-refractivity contribution in [3.8, 4) is 22.5 Å².